The van der Waals surface area contributed by atoms with Gasteiger partial charge in [0.2, 0.25) is 0 Å². The first kappa shape index (κ1) is 9.31. The van der Waals surface area contributed by atoms with E-state index < -0.39 is 0 Å². The summed E-state index contributed by atoms with van der Waals surface area (Å²) in [6, 6.07) is 0. The molecule has 0 heterocycles. The molecule has 1 rings (SSSR count). The van der Waals surface area contributed by atoms with Gasteiger partial charge in [-0.2, -0.15) is 0 Å². The summed E-state index contributed by atoms with van der Waals surface area (Å²) in [5, 5.41) is 0. The van der Waals surface area contributed by atoms with Crippen LogP contribution < -0.4 is 0 Å². The summed E-state index contributed by atoms with van der Waals surface area (Å²) in [6.45, 7) is 6.77. The normalized spacial score (nSPS) is 18.3. The third kappa shape index (κ3) is 2.37. The minimum atomic E-state index is 0.660. The van der Waals surface area contributed by atoms with Gasteiger partial charge in [-0.3, -0.25) is 0 Å². The van der Waals surface area contributed by atoms with Gasteiger partial charge in [0.25, 0.3) is 0 Å². The average molecular weight is 162 g/mol. The second-order valence-corrected chi connectivity index (χ2v) is 3.72. The molecule has 0 N–H and O–H groups in total. The standard InChI is InChI=1S/C12H18/c1-10(2)12-9-7-5-4-6-8-11(12)3/h4-5,7,9-10H,6,8H2,1-3H3. The van der Waals surface area contributed by atoms with Crippen LogP contribution in [0.5, 0.6) is 0 Å². The monoisotopic (exact) mass is 162 g/mol. The molecule has 0 aromatic heterocycles. The fourth-order valence-electron chi connectivity index (χ4n) is 1.61. The molecule has 0 amide bonds. The van der Waals surface area contributed by atoms with E-state index in [0.717, 1.165) is 0 Å². The van der Waals surface area contributed by atoms with Crippen molar-refractivity contribution in [2.45, 2.75) is 33.6 Å². The molecule has 0 radical (unpaired) electrons. The Morgan fingerprint density at radius 1 is 1.25 bits per heavy atom. The summed E-state index contributed by atoms with van der Waals surface area (Å²) in [4.78, 5) is 0. The highest BCUT2D eigenvalue weighted by molar-refractivity contribution is 5.30. The molecular weight excluding hydrogens is 144 g/mol. The molecule has 0 aromatic rings. The Kier molecular flexibility index (Phi) is 3.33. The Hall–Kier alpha value is -0.780. The van der Waals surface area contributed by atoms with Crippen molar-refractivity contribution in [1.29, 1.82) is 0 Å². The first-order valence-electron chi connectivity index (χ1n) is 4.74. The van der Waals surface area contributed by atoms with Crippen molar-refractivity contribution < 1.29 is 0 Å². The molecule has 1 aliphatic carbocycles. The molecule has 0 aromatic carbocycles. The van der Waals surface area contributed by atoms with Gasteiger partial charge in [-0.1, -0.05) is 43.7 Å². The Morgan fingerprint density at radius 3 is 2.67 bits per heavy atom. The quantitative estimate of drug-likeness (QED) is 0.549. The minimum absolute atomic E-state index is 0.660. The number of hydrogen-bond donors (Lipinski definition) is 0. The summed E-state index contributed by atoms with van der Waals surface area (Å²) in [5.41, 5.74) is 3.06. The third-order valence-electron chi connectivity index (χ3n) is 2.32. The number of hydrogen-bond acceptors (Lipinski definition) is 0. The van der Waals surface area contributed by atoms with E-state index >= 15 is 0 Å². The number of rotatable bonds is 1. The van der Waals surface area contributed by atoms with Crippen molar-refractivity contribution in [2.24, 2.45) is 5.92 Å². The van der Waals surface area contributed by atoms with Crippen LogP contribution in [-0.2, 0) is 0 Å². The van der Waals surface area contributed by atoms with Gasteiger partial charge >= 0.3 is 0 Å². The molecule has 0 spiro atoms. The lowest BCUT2D eigenvalue weighted by Crippen LogP contribution is -1.96. The van der Waals surface area contributed by atoms with Gasteiger partial charge in [0.05, 0.1) is 0 Å². The molecule has 0 heteroatoms. The molecule has 66 valence electrons. The van der Waals surface area contributed by atoms with E-state index in [9.17, 15) is 0 Å². The predicted molar refractivity (Wildman–Crippen MR) is 55.1 cm³/mol. The van der Waals surface area contributed by atoms with Gasteiger partial charge in [-0.25, -0.2) is 0 Å². The maximum atomic E-state index is 2.26. The lowest BCUT2D eigenvalue weighted by Gasteiger charge is -2.12. The first-order chi connectivity index (χ1) is 5.72. The maximum absolute atomic E-state index is 2.26. The SMILES string of the molecule is CC1=C(C(C)C)C=CC=CCC1. The third-order valence-corrected chi connectivity index (χ3v) is 2.32. The molecular formula is C12H18. The van der Waals surface area contributed by atoms with Gasteiger partial charge in [-0.05, 0) is 31.3 Å². The van der Waals surface area contributed by atoms with E-state index in [1.807, 2.05) is 0 Å². The van der Waals surface area contributed by atoms with Gasteiger partial charge in [0.1, 0.15) is 0 Å². The van der Waals surface area contributed by atoms with Crippen molar-refractivity contribution in [2.75, 3.05) is 0 Å². The lowest BCUT2D eigenvalue weighted by molar-refractivity contribution is 0.764. The van der Waals surface area contributed by atoms with E-state index in [4.69, 9.17) is 0 Å². The van der Waals surface area contributed by atoms with Crippen LogP contribution in [0, 0.1) is 5.92 Å². The highest BCUT2D eigenvalue weighted by atomic mass is 14.1. The van der Waals surface area contributed by atoms with Crippen molar-refractivity contribution in [3.8, 4) is 0 Å². The highest BCUT2D eigenvalue weighted by Crippen LogP contribution is 2.21. The molecule has 1 aliphatic rings. The van der Waals surface area contributed by atoms with Crippen LogP contribution in [0.2, 0.25) is 0 Å². The molecule has 0 bridgehead atoms. The fraction of sp³-hybridized carbons (Fsp3) is 0.500. The van der Waals surface area contributed by atoms with Gasteiger partial charge in [-0.15, -0.1) is 0 Å². The zero-order valence-corrected chi connectivity index (χ0v) is 8.30. The van der Waals surface area contributed by atoms with Crippen LogP contribution in [0.15, 0.2) is 35.5 Å². The molecule has 0 fully saturated rings. The Balaban J connectivity index is 2.88. The highest BCUT2D eigenvalue weighted by Gasteiger charge is 2.04. The van der Waals surface area contributed by atoms with E-state index in [0.29, 0.717) is 5.92 Å². The van der Waals surface area contributed by atoms with Crippen molar-refractivity contribution >= 4 is 0 Å². The molecule has 0 unspecified atom stereocenters. The molecule has 0 saturated heterocycles. The maximum Gasteiger partial charge on any atom is -0.0219 e. The Labute approximate surface area is 75.7 Å². The molecule has 0 saturated carbocycles. The second-order valence-electron chi connectivity index (χ2n) is 3.72. The zero-order valence-electron chi connectivity index (χ0n) is 8.30. The van der Waals surface area contributed by atoms with E-state index in [2.05, 4.69) is 45.1 Å². The van der Waals surface area contributed by atoms with Crippen LogP contribution in [0.4, 0.5) is 0 Å². The summed E-state index contributed by atoms with van der Waals surface area (Å²) in [7, 11) is 0. The summed E-state index contributed by atoms with van der Waals surface area (Å²) in [5.74, 6) is 0.660. The molecule has 12 heavy (non-hydrogen) atoms. The van der Waals surface area contributed by atoms with Crippen molar-refractivity contribution in [3.05, 3.63) is 35.5 Å². The summed E-state index contributed by atoms with van der Waals surface area (Å²) < 4.78 is 0. The fourth-order valence-corrected chi connectivity index (χ4v) is 1.61. The van der Waals surface area contributed by atoms with Crippen molar-refractivity contribution in [1.82, 2.24) is 0 Å². The van der Waals surface area contributed by atoms with E-state index in [1.54, 1.807) is 5.57 Å². The molecule has 0 atom stereocenters. The van der Waals surface area contributed by atoms with Crippen LogP contribution in [0.3, 0.4) is 0 Å². The van der Waals surface area contributed by atoms with Crippen LogP contribution in [-0.4, -0.2) is 0 Å². The second kappa shape index (κ2) is 4.30. The minimum Gasteiger partial charge on any atom is -0.0842 e. The molecule has 0 aliphatic heterocycles. The van der Waals surface area contributed by atoms with Crippen LogP contribution in [0.25, 0.3) is 0 Å². The Bertz CT molecular complexity index is 226. The predicted octanol–water partition coefficient (Wildman–Crippen LogP) is 3.87. The lowest BCUT2D eigenvalue weighted by atomic mass is 9.94. The number of allylic oxidation sites excluding steroid dienone is 6. The largest absolute Gasteiger partial charge is 0.0842 e. The smallest absolute Gasteiger partial charge is 0.0219 e. The van der Waals surface area contributed by atoms with Gasteiger partial charge in [0.15, 0.2) is 0 Å². The first-order valence-corrected chi connectivity index (χ1v) is 4.74. The zero-order chi connectivity index (χ0) is 8.97. The van der Waals surface area contributed by atoms with E-state index in [-0.39, 0.29) is 0 Å². The topological polar surface area (TPSA) is 0 Å². The van der Waals surface area contributed by atoms with Gasteiger partial charge < -0.3 is 0 Å². The van der Waals surface area contributed by atoms with Crippen molar-refractivity contribution in [3.63, 3.8) is 0 Å². The summed E-state index contributed by atoms with van der Waals surface area (Å²) in [6.07, 6.45) is 11.2. The van der Waals surface area contributed by atoms with Crippen LogP contribution >= 0.6 is 0 Å². The van der Waals surface area contributed by atoms with E-state index in [1.165, 1.54) is 18.4 Å². The summed E-state index contributed by atoms with van der Waals surface area (Å²) >= 11 is 0. The Morgan fingerprint density at radius 2 is 2.00 bits per heavy atom. The molecule has 0 nitrogen and oxygen atoms in total. The van der Waals surface area contributed by atoms with Crippen LogP contribution in [0.1, 0.15) is 33.6 Å². The average Bonchev–Trinajstić information content (AvgIpc) is 1.96. The van der Waals surface area contributed by atoms with Gasteiger partial charge in [0, 0.05) is 0 Å².